The van der Waals surface area contributed by atoms with Gasteiger partial charge >= 0.3 is 18.0 Å². The summed E-state index contributed by atoms with van der Waals surface area (Å²) in [7, 11) is 0. The van der Waals surface area contributed by atoms with E-state index in [9.17, 15) is 9.59 Å². The van der Waals surface area contributed by atoms with Gasteiger partial charge in [-0.3, -0.25) is 4.90 Å². The summed E-state index contributed by atoms with van der Waals surface area (Å²) < 4.78 is 9.67. The molecule has 1 fully saturated rings. The van der Waals surface area contributed by atoms with Crippen LogP contribution in [0.15, 0.2) is 16.8 Å². The Labute approximate surface area is 86.2 Å². The van der Waals surface area contributed by atoms with Gasteiger partial charge in [0.2, 0.25) is 0 Å². The number of rotatable bonds is 2. The van der Waals surface area contributed by atoms with Crippen LogP contribution in [0.2, 0.25) is 0 Å². The van der Waals surface area contributed by atoms with Gasteiger partial charge in [-0.15, -0.1) is 0 Å². The molecule has 0 aromatic carbocycles. The lowest BCUT2D eigenvalue weighted by Gasteiger charge is -2.19. The number of ether oxygens (including phenoxy) is 2. The number of nitrogens with zero attached hydrogens (tertiary/aromatic N) is 2. The number of amidine groups is 1. The summed E-state index contributed by atoms with van der Waals surface area (Å²) in [5, 5.41) is 0. The van der Waals surface area contributed by atoms with Crippen LogP contribution in [0.3, 0.4) is 0 Å². The van der Waals surface area contributed by atoms with E-state index in [2.05, 4.69) is 4.99 Å². The molecule has 2 rings (SSSR count). The van der Waals surface area contributed by atoms with E-state index in [-0.39, 0.29) is 12.6 Å². The van der Waals surface area contributed by atoms with E-state index in [0.717, 1.165) is 0 Å². The predicted molar refractivity (Wildman–Crippen MR) is 49.8 cm³/mol. The summed E-state index contributed by atoms with van der Waals surface area (Å²) in [5.74, 6) is -0.867. The predicted octanol–water partition coefficient (Wildman–Crippen LogP) is -0.338. The van der Waals surface area contributed by atoms with Crippen molar-refractivity contribution in [2.75, 3.05) is 19.7 Å². The minimum Gasteiger partial charge on any atom is -0.461 e. The van der Waals surface area contributed by atoms with Crippen molar-refractivity contribution in [1.82, 2.24) is 4.90 Å². The van der Waals surface area contributed by atoms with Gasteiger partial charge in [0.1, 0.15) is 12.2 Å². The van der Waals surface area contributed by atoms with Gasteiger partial charge in [-0.25, -0.2) is 14.6 Å². The average Bonchev–Trinajstić information content (AvgIpc) is 2.57. The van der Waals surface area contributed by atoms with Crippen LogP contribution in [0, 0.1) is 0 Å². The van der Waals surface area contributed by atoms with Gasteiger partial charge in [0.05, 0.1) is 13.2 Å². The van der Waals surface area contributed by atoms with Crippen LogP contribution in [-0.4, -0.2) is 42.6 Å². The number of carbonyl (C=O) groups is 2. The largest absolute Gasteiger partial charge is 0.461 e. The Morgan fingerprint density at radius 3 is 3.27 bits per heavy atom. The molecule has 0 spiro atoms. The summed E-state index contributed by atoms with van der Waals surface area (Å²) in [5.41, 5.74) is 0.327. The number of esters is 2. The molecule has 0 atom stereocenters. The van der Waals surface area contributed by atoms with Crippen molar-refractivity contribution < 1.29 is 19.1 Å². The first-order valence-electron chi connectivity index (χ1n) is 4.62. The fourth-order valence-electron chi connectivity index (χ4n) is 1.41. The second-order valence-electron chi connectivity index (χ2n) is 2.99. The molecule has 0 unspecified atom stereocenters. The summed E-state index contributed by atoms with van der Waals surface area (Å²) in [4.78, 5) is 27.9. The number of carbonyl (C=O) groups excluding carboxylic acids is 2. The highest BCUT2D eigenvalue weighted by Crippen LogP contribution is 2.18. The van der Waals surface area contributed by atoms with Gasteiger partial charge in [0.15, 0.2) is 0 Å². The zero-order chi connectivity index (χ0) is 10.8. The highest BCUT2D eigenvalue weighted by molar-refractivity contribution is 6.02. The number of hydrogen-bond donors (Lipinski definition) is 0. The molecule has 0 aliphatic carbocycles. The molecule has 6 heteroatoms. The van der Waals surface area contributed by atoms with Crippen LogP contribution in [0.4, 0.5) is 0 Å². The minimum atomic E-state index is -0.455. The van der Waals surface area contributed by atoms with Gasteiger partial charge in [-0.1, -0.05) is 0 Å². The first kappa shape index (κ1) is 9.70. The quantitative estimate of drug-likeness (QED) is 0.583. The minimum absolute atomic E-state index is 0.0173. The van der Waals surface area contributed by atoms with Crippen LogP contribution >= 0.6 is 0 Å². The lowest BCUT2D eigenvalue weighted by Crippen LogP contribution is -2.33. The van der Waals surface area contributed by atoms with E-state index in [1.807, 2.05) is 0 Å². The van der Waals surface area contributed by atoms with E-state index in [0.29, 0.717) is 18.8 Å². The Morgan fingerprint density at radius 2 is 2.53 bits per heavy atom. The maximum Gasteiger partial charge on any atom is 0.354 e. The molecule has 0 bridgehead atoms. The SMILES string of the molecule is CCOC(=O)C1=CCN=C2OC(=O)CN12. The first-order valence-corrected chi connectivity index (χ1v) is 4.62. The first-order chi connectivity index (χ1) is 7.22. The molecular weight excluding hydrogens is 200 g/mol. The molecule has 0 radical (unpaired) electrons. The van der Waals surface area contributed by atoms with Crippen molar-refractivity contribution >= 4 is 18.0 Å². The van der Waals surface area contributed by atoms with Gasteiger partial charge in [-0.2, -0.15) is 0 Å². The molecular formula is C9H10N2O4. The van der Waals surface area contributed by atoms with Gasteiger partial charge < -0.3 is 9.47 Å². The van der Waals surface area contributed by atoms with Gasteiger partial charge in [0, 0.05) is 0 Å². The summed E-state index contributed by atoms with van der Waals surface area (Å²) >= 11 is 0. The Morgan fingerprint density at radius 1 is 1.73 bits per heavy atom. The molecule has 80 valence electrons. The van der Waals surface area contributed by atoms with E-state index in [4.69, 9.17) is 9.47 Å². The Balaban J connectivity index is 2.17. The number of fused-ring (bicyclic) bond motifs is 1. The molecule has 0 amide bonds. The molecule has 6 nitrogen and oxygen atoms in total. The van der Waals surface area contributed by atoms with Crippen molar-refractivity contribution in [2.45, 2.75) is 6.92 Å². The third-order valence-corrected chi connectivity index (χ3v) is 2.01. The Hall–Kier alpha value is -1.85. The molecule has 0 N–H and O–H groups in total. The van der Waals surface area contributed by atoms with Crippen molar-refractivity contribution in [3.05, 3.63) is 11.8 Å². The highest BCUT2D eigenvalue weighted by Gasteiger charge is 2.35. The topological polar surface area (TPSA) is 68.2 Å². The standard InChI is InChI=1S/C9H10N2O4/c1-2-14-8(13)6-3-4-10-9-11(6)5-7(12)15-9/h3H,2,4-5H2,1H3. The fourth-order valence-corrected chi connectivity index (χ4v) is 1.41. The molecule has 2 aliphatic heterocycles. The second kappa shape index (κ2) is 3.72. The highest BCUT2D eigenvalue weighted by atomic mass is 16.6. The number of hydrogen-bond acceptors (Lipinski definition) is 6. The zero-order valence-electron chi connectivity index (χ0n) is 8.23. The Kier molecular flexibility index (Phi) is 2.40. The lowest BCUT2D eigenvalue weighted by molar-refractivity contribution is -0.139. The average molecular weight is 210 g/mol. The second-order valence-corrected chi connectivity index (χ2v) is 2.99. The van der Waals surface area contributed by atoms with Crippen molar-refractivity contribution in [1.29, 1.82) is 0 Å². The molecule has 1 saturated heterocycles. The molecule has 0 aromatic heterocycles. The molecule has 0 aromatic rings. The molecule has 0 saturated carbocycles. The zero-order valence-corrected chi connectivity index (χ0v) is 8.23. The van der Waals surface area contributed by atoms with Gasteiger partial charge in [0.25, 0.3) is 0 Å². The van der Waals surface area contributed by atoms with Crippen LogP contribution in [0.5, 0.6) is 0 Å². The van der Waals surface area contributed by atoms with Crippen molar-refractivity contribution in [3.63, 3.8) is 0 Å². The summed E-state index contributed by atoms with van der Waals surface area (Å²) in [6.07, 6.45) is 1.61. The maximum absolute atomic E-state index is 11.5. The van der Waals surface area contributed by atoms with Crippen molar-refractivity contribution in [3.8, 4) is 0 Å². The van der Waals surface area contributed by atoms with E-state index >= 15 is 0 Å². The third-order valence-electron chi connectivity index (χ3n) is 2.01. The van der Waals surface area contributed by atoms with Crippen LogP contribution in [-0.2, 0) is 19.1 Å². The van der Waals surface area contributed by atoms with E-state index < -0.39 is 11.9 Å². The maximum atomic E-state index is 11.5. The normalized spacial score (nSPS) is 19.0. The van der Waals surface area contributed by atoms with Crippen molar-refractivity contribution in [2.24, 2.45) is 4.99 Å². The van der Waals surface area contributed by atoms with Gasteiger partial charge in [-0.05, 0) is 13.0 Å². The molecule has 2 heterocycles. The summed E-state index contributed by atoms with van der Waals surface area (Å²) in [6.45, 7) is 2.37. The third kappa shape index (κ3) is 1.70. The number of aliphatic imine (C=N–C) groups is 1. The fraction of sp³-hybridized carbons (Fsp3) is 0.444. The lowest BCUT2D eigenvalue weighted by atomic mass is 10.3. The Bertz CT molecular complexity index is 372. The van der Waals surface area contributed by atoms with E-state index in [1.165, 1.54) is 4.90 Å². The van der Waals surface area contributed by atoms with Crippen LogP contribution in [0.25, 0.3) is 0 Å². The smallest absolute Gasteiger partial charge is 0.354 e. The van der Waals surface area contributed by atoms with E-state index in [1.54, 1.807) is 13.0 Å². The monoisotopic (exact) mass is 210 g/mol. The van der Waals surface area contributed by atoms with Crippen LogP contribution < -0.4 is 0 Å². The molecule has 2 aliphatic rings. The van der Waals surface area contributed by atoms with Crippen LogP contribution in [0.1, 0.15) is 6.92 Å². The molecule has 15 heavy (non-hydrogen) atoms. The summed E-state index contributed by atoms with van der Waals surface area (Å²) in [6, 6.07) is 0.186.